The van der Waals surface area contributed by atoms with Gasteiger partial charge in [0.15, 0.2) is 0 Å². The van der Waals surface area contributed by atoms with Crippen LogP contribution in [0.15, 0.2) is 12.3 Å². The summed E-state index contributed by atoms with van der Waals surface area (Å²) in [7, 11) is 0. The van der Waals surface area contributed by atoms with Crippen molar-refractivity contribution < 1.29 is 13.9 Å². The largest absolute Gasteiger partial charge is 0.506 e. The maximum atomic E-state index is 12.0. The Hall–Kier alpha value is -1.19. The fraction of sp³-hybridized carbons (Fsp3) is 0.286. The van der Waals surface area contributed by atoms with Gasteiger partial charge in [0.25, 0.3) is 6.43 Å². The molecule has 2 nitrogen and oxygen atoms in total. The zero-order valence-corrected chi connectivity index (χ0v) is 5.88. The second-order valence-electron chi connectivity index (χ2n) is 2.13. The molecule has 0 spiro atoms. The summed E-state index contributed by atoms with van der Waals surface area (Å²) in [5.74, 6) is -0.414. The first kappa shape index (κ1) is 7.91. The van der Waals surface area contributed by atoms with Crippen LogP contribution in [0.25, 0.3) is 0 Å². The maximum absolute atomic E-state index is 12.0. The number of pyridine rings is 1. The van der Waals surface area contributed by atoms with Crippen molar-refractivity contribution in [1.82, 2.24) is 4.98 Å². The summed E-state index contributed by atoms with van der Waals surface area (Å²) in [5.41, 5.74) is -0.139. The van der Waals surface area contributed by atoms with Crippen LogP contribution in [0, 0.1) is 6.92 Å². The van der Waals surface area contributed by atoms with Gasteiger partial charge in [0.05, 0.1) is 11.3 Å². The summed E-state index contributed by atoms with van der Waals surface area (Å²) < 4.78 is 24.0. The van der Waals surface area contributed by atoms with Crippen LogP contribution in [0.4, 0.5) is 8.78 Å². The van der Waals surface area contributed by atoms with Gasteiger partial charge in [-0.05, 0) is 13.0 Å². The van der Waals surface area contributed by atoms with Crippen LogP contribution >= 0.6 is 0 Å². The van der Waals surface area contributed by atoms with Crippen LogP contribution in [0.5, 0.6) is 5.75 Å². The second-order valence-corrected chi connectivity index (χ2v) is 2.13. The van der Waals surface area contributed by atoms with Crippen molar-refractivity contribution in [2.24, 2.45) is 0 Å². The first-order valence-corrected chi connectivity index (χ1v) is 3.05. The van der Waals surface area contributed by atoms with Gasteiger partial charge in [-0.25, -0.2) is 8.78 Å². The van der Waals surface area contributed by atoms with E-state index in [1.54, 1.807) is 0 Å². The van der Waals surface area contributed by atoms with Gasteiger partial charge in [0, 0.05) is 6.20 Å². The number of nitrogens with zero attached hydrogens (tertiary/aromatic N) is 1. The predicted molar refractivity (Wildman–Crippen MR) is 35.6 cm³/mol. The molecule has 0 atom stereocenters. The molecule has 11 heavy (non-hydrogen) atoms. The Bertz CT molecular complexity index is 263. The number of halogens is 2. The highest BCUT2D eigenvalue weighted by Gasteiger charge is 2.13. The Balaban J connectivity index is 3.17. The van der Waals surface area contributed by atoms with Crippen LogP contribution in [0.1, 0.15) is 17.7 Å². The summed E-state index contributed by atoms with van der Waals surface area (Å²) in [5, 5.41) is 9.03. The van der Waals surface area contributed by atoms with E-state index in [2.05, 4.69) is 4.98 Å². The van der Waals surface area contributed by atoms with Crippen molar-refractivity contribution in [3.63, 3.8) is 0 Å². The lowest BCUT2D eigenvalue weighted by atomic mass is 10.2. The number of aromatic hydroxyl groups is 1. The standard InChI is InChI=1S/C7H7F2NO/c1-4-6(11)5(7(8)9)2-3-10-4/h2-3,7,11H,1H3. The van der Waals surface area contributed by atoms with Crippen LogP contribution < -0.4 is 0 Å². The summed E-state index contributed by atoms with van der Waals surface area (Å²) in [6.45, 7) is 1.47. The first-order valence-electron chi connectivity index (χ1n) is 3.05. The van der Waals surface area contributed by atoms with E-state index in [0.717, 1.165) is 6.07 Å². The van der Waals surface area contributed by atoms with E-state index >= 15 is 0 Å². The lowest BCUT2D eigenvalue weighted by molar-refractivity contribution is 0.147. The number of aryl methyl sites for hydroxylation is 1. The average molecular weight is 159 g/mol. The molecule has 0 unspecified atom stereocenters. The predicted octanol–water partition coefficient (Wildman–Crippen LogP) is 2.03. The number of hydrogen-bond acceptors (Lipinski definition) is 2. The summed E-state index contributed by atoms with van der Waals surface area (Å²) in [6, 6.07) is 1.10. The molecule has 1 aromatic heterocycles. The molecule has 0 aromatic carbocycles. The molecule has 0 bridgehead atoms. The average Bonchev–Trinajstić information content (AvgIpc) is 1.94. The molecule has 0 fully saturated rings. The van der Waals surface area contributed by atoms with Gasteiger partial charge in [0.2, 0.25) is 0 Å². The van der Waals surface area contributed by atoms with Crippen LogP contribution in [-0.2, 0) is 0 Å². The van der Waals surface area contributed by atoms with Gasteiger partial charge < -0.3 is 5.11 Å². The highest BCUT2D eigenvalue weighted by atomic mass is 19.3. The number of aromatic nitrogens is 1. The zero-order chi connectivity index (χ0) is 8.43. The minimum atomic E-state index is -2.64. The van der Waals surface area contributed by atoms with E-state index in [4.69, 9.17) is 5.11 Å². The molecule has 0 aliphatic heterocycles. The van der Waals surface area contributed by atoms with Crippen molar-refractivity contribution in [2.45, 2.75) is 13.3 Å². The molecule has 1 N–H and O–H groups in total. The molecule has 0 aliphatic carbocycles. The SMILES string of the molecule is Cc1nccc(C(F)F)c1O. The molecule has 0 saturated heterocycles. The summed E-state index contributed by atoms with van der Waals surface area (Å²) in [4.78, 5) is 3.64. The Labute approximate surface area is 62.5 Å². The lowest BCUT2D eigenvalue weighted by Crippen LogP contribution is -1.89. The van der Waals surface area contributed by atoms with Gasteiger partial charge in [-0.2, -0.15) is 0 Å². The van der Waals surface area contributed by atoms with E-state index in [-0.39, 0.29) is 11.3 Å². The molecule has 0 aliphatic rings. The molecule has 4 heteroatoms. The third-order valence-corrected chi connectivity index (χ3v) is 1.37. The lowest BCUT2D eigenvalue weighted by Gasteiger charge is -2.03. The smallest absolute Gasteiger partial charge is 0.267 e. The minimum absolute atomic E-state index is 0.225. The second kappa shape index (κ2) is 2.82. The number of alkyl halides is 2. The summed E-state index contributed by atoms with van der Waals surface area (Å²) >= 11 is 0. The molecular formula is C7H7F2NO. The molecule has 0 saturated carbocycles. The molecular weight excluding hydrogens is 152 g/mol. The molecule has 1 rings (SSSR count). The van der Waals surface area contributed by atoms with E-state index in [9.17, 15) is 8.78 Å². The highest BCUT2D eigenvalue weighted by Crippen LogP contribution is 2.28. The quantitative estimate of drug-likeness (QED) is 0.680. The monoisotopic (exact) mass is 159 g/mol. The van der Waals surface area contributed by atoms with Crippen LogP contribution in [0.2, 0.25) is 0 Å². The van der Waals surface area contributed by atoms with Crippen molar-refractivity contribution in [2.75, 3.05) is 0 Å². The van der Waals surface area contributed by atoms with Gasteiger partial charge in [-0.1, -0.05) is 0 Å². The van der Waals surface area contributed by atoms with Gasteiger partial charge in [-0.3, -0.25) is 4.98 Å². The Morgan fingerprint density at radius 2 is 2.18 bits per heavy atom. The Kier molecular flexibility index (Phi) is 2.03. The minimum Gasteiger partial charge on any atom is -0.506 e. The molecule has 0 radical (unpaired) electrons. The van der Waals surface area contributed by atoms with Crippen molar-refractivity contribution in [3.8, 4) is 5.75 Å². The van der Waals surface area contributed by atoms with Crippen molar-refractivity contribution in [3.05, 3.63) is 23.5 Å². The highest BCUT2D eigenvalue weighted by molar-refractivity contribution is 5.35. The van der Waals surface area contributed by atoms with Crippen molar-refractivity contribution >= 4 is 0 Å². The third-order valence-electron chi connectivity index (χ3n) is 1.37. The Morgan fingerprint density at radius 1 is 1.55 bits per heavy atom. The van der Waals surface area contributed by atoms with E-state index in [1.165, 1.54) is 13.1 Å². The third kappa shape index (κ3) is 1.45. The molecule has 1 aromatic rings. The van der Waals surface area contributed by atoms with Gasteiger partial charge in [-0.15, -0.1) is 0 Å². The fourth-order valence-electron chi connectivity index (χ4n) is 0.754. The summed E-state index contributed by atoms with van der Waals surface area (Å²) in [6.07, 6.45) is -1.40. The topological polar surface area (TPSA) is 33.1 Å². The van der Waals surface area contributed by atoms with Gasteiger partial charge >= 0.3 is 0 Å². The van der Waals surface area contributed by atoms with E-state index in [1.807, 2.05) is 0 Å². The molecule has 0 amide bonds. The van der Waals surface area contributed by atoms with Crippen molar-refractivity contribution in [1.29, 1.82) is 0 Å². The van der Waals surface area contributed by atoms with Crippen LogP contribution in [0.3, 0.4) is 0 Å². The maximum Gasteiger partial charge on any atom is 0.267 e. The van der Waals surface area contributed by atoms with Gasteiger partial charge in [0.1, 0.15) is 5.75 Å². The number of rotatable bonds is 1. The zero-order valence-electron chi connectivity index (χ0n) is 5.88. The normalized spacial score (nSPS) is 10.5. The molecule has 1 heterocycles. The Morgan fingerprint density at radius 3 is 2.64 bits per heavy atom. The fourth-order valence-corrected chi connectivity index (χ4v) is 0.754. The molecule has 60 valence electrons. The number of hydrogen-bond donors (Lipinski definition) is 1. The van der Waals surface area contributed by atoms with Crippen LogP contribution in [-0.4, -0.2) is 10.1 Å². The first-order chi connectivity index (χ1) is 5.13. The van der Waals surface area contributed by atoms with E-state index < -0.39 is 12.2 Å². The van der Waals surface area contributed by atoms with E-state index in [0.29, 0.717) is 0 Å².